The van der Waals surface area contributed by atoms with Crippen LogP contribution in [0.1, 0.15) is 45.6 Å². The van der Waals surface area contributed by atoms with Crippen molar-refractivity contribution in [3.05, 3.63) is 35.9 Å². The zero-order chi connectivity index (χ0) is 17.6. The van der Waals surface area contributed by atoms with Crippen LogP contribution in [0.5, 0.6) is 0 Å². The van der Waals surface area contributed by atoms with Crippen molar-refractivity contribution in [3.8, 4) is 0 Å². The molecule has 1 aromatic carbocycles. The van der Waals surface area contributed by atoms with E-state index >= 15 is 0 Å². The lowest BCUT2D eigenvalue weighted by Crippen LogP contribution is -2.34. The number of benzene rings is 1. The number of aliphatic hydroxyl groups excluding tert-OH is 1. The SMILES string of the molecule is CC(C)(C)OC(=O)NSC1(C(O)CCOCc2ccccc2)CC1. The number of nitrogens with one attached hydrogen (secondary N) is 1. The van der Waals surface area contributed by atoms with Crippen LogP contribution in [0.3, 0.4) is 0 Å². The smallest absolute Gasteiger partial charge is 0.417 e. The van der Waals surface area contributed by atoms with E-state index in [9.17, 15) is 9.90 Å². The van der Waals surface area contributed by atoms with Gasteiger partial charge in [-0.15, -0.1) is 0 Å². The molecule has 0 heterocycles. The Morgan fingerprint density at radius 1 is 1.33 bits per heavy atom. The summed E-state index contributed by atoms with van der Waals surface area (Å²) in [6, 6.07) is 9.95. The summed E-state index contributed by atoms with van der Waals surface area (Å²) in [6.07, 6.45) is 1.34. The van der Waals surface area contributed by atoms with Crippen LogP contribution in [0.15, 0.2) is 30.3 Å². The lowest BCUT2D eigenvalue weighted by atomic mass is 10.1. The average Bonchev–Trinajstić information content (AvgIpc) is 3.30. The molecule has 5 nitrogen and oxygen atoms in total. The van der Waals surface area contributed by atoms with Crippen LogP contribution in [0.25, 0.3) is 0 Å². The summed E-state index contributed by atoms with van der Waals surface area (Å²) >= 11 is 1.27. The number of carbonyl (C=O) groups excluding carboxylic acids is 1. The van der Waals surface area contributed by atoms with Crippen LogP contribution >= 0.6 is 11.9 Å². The molecule has 1 aromatic rings. The molecule has 0 aliphatic heterocycles. The predicted molar refractivity (Wildman–Crippen MR) is 95.6 cm³/mol. The van der Waals surface area contributed by atoms with Gasteiger partial charge in [-0.25, -0.2) is 4.79 Å². The second-order valence-electron chi connectivity index (χ2n) is 7.11. The lowest BCUT2D eigenvalue weighted by molar-refractivity contribution is 0.0571. The Balaban J connectivity index is 1.66. The minimum absolute atomic E-state index is 0.299. The molecule has 1 atom stereocenters. The number of amides is 1. The van der Waals surface area contributed by atoms with Crippen molar-refractivity contribution in [3.63, 3.8) is 0 Å². The van der Waals surface area contributed by atoms with E-state index in [0.29, 0.717) is 19.6 Å². The van der Waals surface area contributed by atoms with Gasteiger partial charge in [-0.3, -0.25) is 4.72 Å². The van der Waals surface area contributed by atoms with E-state index in [2.05, 4.69) is 4.72 Å². The molecule has 1 saturated carbocycles. The van der Waals surface area contributed by atoms with E-state index in [4.69, 9.17) is 9.47 Å². The van der Waals surface area contributed by atoms with Crippen LogP contribution in [0, 0.1) is 0 Å². The fraction of sp³-hybridized carbons (Fsp3) is 0.611. The first kappa shape index (κ1) is 19.1. The third-order valence-electron chi connectivity index (χ3n) is 3.73. The number of hydrogen-bond acceptors (Lipinski definition) is 5. The molecular formula is C18H27NO4S. The maximum Gasteiger partial charge on any atom is 0.417 e. The third-order valence-corrected chi connectivity index (χ3v) is 5.09. The summed E-state index contributed by atoms with van der Waals surface area (Å²) in [7, 11) is 0. The Labute approximate surface area is 148 Å². The highest BCUT2D eigenvalue weighted by atomic mass is 32.2. The van der Waals surface area contributed by atoms with Crippen molar-refractivity contribution >= 4 is 18.0 Å². The molecule has 134 valence electrons. The highest BCUT2D eigenvalue weighted by molar-refractivity contribution is 7.99. The van der Waals surface area contributed by atoms with E-state index in [1.807, 2.05) is 51.1 Å². The van der Waals surface area contributed by atoms with Gasteiger partial charge < -0.3 is 14.6 Å². The van der Waals surface area contributed by atoms with Gasteiger partial charge in [0, 0.05) is 6.61 Å². The first-order valence-electron chi connectivity index (χ1n) is 8.27. The van der Waals surface area contributed by atoms with Crippen molar-refractivity contribution in [2.45, 2.75) is 63.1 Å². The van der Waals surface area contributed by atoms with Crippen LogP contribution in [-0.2, 0) is 16.1 Å². The van der Waals surface area contributed by atoms with Gasteiger partial charge in [-0.05, 0) is 57.5 Å². The summed E-state index contributed by atoms with van der Waals surface area (Å²) in [5, 5.41) is 10.4. The monoisotopic (exact) mass is 353 g/mol. The standard InChI is InChI=1S/C18H27NO4S/c1-17(2,3)23-16(21)19-24-18(10-11-18)15(20)9-12-22-13-14-7-5-4-6-8-14/h4-8,15,20H,9-13H2,1-3H3,(H,19,21). The summed E-state index contributed by atoms with van der Waals surface area (Å²) in [6.45, 7) is 6.50. The maximum atomic E-state index is 11.7. The summed E-state index contributed by atoms with van der Waals surface area (Å²) < 4.78 is 13.2. The molecule has 6 heteroatoms. The van der Waals surface area contributed by atoms with Crippen molar-refractivity contribution in [1.29, 1.82) is 0 Å². The number of carbonyl (C=O) groups is 1. The fourth-order valence-corrected chi connectivity index (χ4v) is 3.18. The Bertz CT molecular complexity index is 526. The van der Waals surface area contributed by atoms with Gasteiger partial charge in [0.2, 0.25) is 0 Å². The van der Waals surface area contributed by atoms with Crippen LogP contribution in [0.2, 0.25) is 0 Å². The maximum absolute atomic E-state index is 11.7. The number of aliphatic hydroxyl groups is 1. The molecule has 1 fully saturated rings. The van der Waals surface area contributed by atoms with Gasteiger partial charge in [0.25, 0.3) is 0 Å². The minimum atomic E-state index is -0.523. The molecule has 0 spiro atoms. The minimum Gasteiger partial charge on any atom is -0.443 e. The number of rotatable bonds is 8. The molecule has 1 unspecified atom stereocenters. The zero-order valence-corrected chi connectivity index (χ0v) is 15.4. The summed E-state index contributed by atoms with van der Waals surface area (Å²) in [5.74, 6) is 0. The normalized spacial score (nSPS) is 17.2. The molecule has 1 aliphatic rings. The summed E-state index contributed by atoms with van der Waals surface area (Å²) in [5.41, 5.74) is 0.597. The zero-order valence-electron chi connectivity index (χ0n) is 14.6. The second-order valence-corrected chi connectivity index (χ2v) is 8.33. The van der Waals surface area contributed by atoms with Gasteiger partial charge in [-0.2, -0.15) is 0 Å². The lowest BCUT2D eigenvalue weighted by Gasteiger charge is -2.24. The van der Waals surface area contributed by atoms with Crippen molar-refractivity contribution < 1.29 is 19.4 Å². The van der Waals surface area contributed by atoms with Gasteiger partial charge in [0.1, 0.15) is 5.60 Å². The number of ether oxygens (including phenoxy) is 2. The highest BCUT2D eigenvalue weighted by Gasteiger charge is 2.50. The fourth-order valence-electron chi connectivity index (χ4n) is 2.29. The van der Waals surface area contributed by atoms with E-state index < -0.39 is 17.8 Å². The van der Waals surface area contributed by atoms with Gasteiger partial charge in [0.05, 0.1) is 17.5 Å². The van der Waals surface area contributed by atoms with Crippen LogP contribution < -0.4 is 4.72 Å². The van der Waals surface area contributed by atoms with Gasteiger partial charge in [-0.1, -0.05) is 30.3 Å². The van der Waals surface area contributed by atoms with Crippen molar-refractivity contribution in [2.24, 2.45) is 0 Å². The first-order chi connectivity index (χ1) is 11.3. The van der Waals surface area contributed by atoms with E-state index in [0.717, 1.165) is 18.4 Å². The third kappa shape index (κ3) is 6.34. The molecular weight excluding hydrogens is 326 g/mol. The van der Waals surface area contributed by atoms with Gasteiger partial charge in [0.15, 0.2) is 0 Å². The molecule has 0 saturated heterocycles. The largest absolute Gasteiger partial charge is 0.443 e. The van der Waals surface area contributed by atoms with Crippen LogP contribution in [0.4, 0.5) is 4.79 Å². The van der Waals surface area contributed by atoms with Gasteiger partial charge >= 0.3 is 6.09 Å². The van der Waals surface area contributed by atoms with Crippen molar-refractivity contribution in [2.75, 3.05) is 6.61 Å². The Kier molecular flexibility index (Phi) is 6.54. The molecule has 2 N–H and O–H groups in total. The van der Waals surface area contributed by atoms with E-state index in [-0.39, 0.29) is 4.75 Å². The highest BCUT2D eigenvalue weighted by Crippen LogP contribution is 2.50. The molecule has 0 radical (unpaired) electrons. The van der Waals surface area contributed by atoms with E-state index in [1.165, 1.54) is 11.9 Å². The Morgan fingerprint density at radius 2 is 2.00 bits per heavy atom. The molecule has 1 aliphatic carbocycles. The molecule has 2 rings (SSSR count). The quantitative estimate of drug-likeness (QED) is 0.551. The predicted octanol–water partition coefficient (Wildman–Crippen LogP) is 3.66. The molecule has 1 amide bonds. The second kappa shape index (κ2) is 8.23. The van der Waals surface area contributed by atoms with E-state index in [1.54, 1.807) is 0 Å². The molecule has 0 bridgehead atoms. The Hall–Kier alpha value is -1.24. The Morgan fingerprint density at radius 3 is 2.58 bits per heavy atom. The van der Waals surface area contributed by atoms with Crippen molar-refractivity contribution in [1.82, 2.24) is 4.72 Å². The van der Waals surface area contributed by atoms with Crippen LogP contribution in [-0.4, -0.2) is 34.3 Å². The number of hydrogen-bond donors (Lipinski definition) is 2. The topological polar surface area (TPSA) is 67.8 Å². The average molecular weight is 353 g/mol. The molecule has 0 aromatic heterocycles. The summed E-state index contributed by atoms with van der Waals surface area (Å²) in [4.78, 5) is 11.7. The first-order valence-corrected chi connectivity index (χ1v) is 9.09. The molecule has 24 heavy (non-hydrogen) atoms.